The summed E-state index contributed by atoms with van der Waals surface area (Å²) in [6, 6.07) is 6.64. The summed E-state index contributed by atoms with van der Waals surface area (Å²) in [6.45, 7) is 0.298. The quantitative estimate of drug-likeness (QED) is 0.334. The van der Waals surface area contributed by atoms with Gasteiger partial charge in [-0.1, -0.05) is 29.4 Å². The van der Waals surface area contributed by atoms with E-state index in [1.165, 1.54) is 11.0 Å². The molecule has 0 aliphatic carbocycles. The zero-order valence-electron chi connectivity index (χ0n) is 16.1. The lowest BCUT2D eigenvalue weighted by Crippen LogP contribution is -2.40. The molecule has 2 aromatic heterocycles. The van der Waals surface area contributed by atoms with E-state index in [9.17, 15) is 18.4 Å². The molecule has 0 amide bonds. The Balaban J connectivity index is 1.49. The first-order valence-corrected chi connectivity index (χ1v) is 9.18. The highest BCUT2D eigenvalue weighted by atomic mass is 35.5. The summed E-state index contributed by atoms with van der Waals surface area (Å²) >= 11 is 4.87. The minimum absolute atomic E-state index is 0.0351. The lowest BCUT2D eigenvalue weighted by Gasteiger charge is -2.23. The molecule has 0 bridgehead atoms. The van der Waals surface area contributed by atoms with Gasteiger partial charge < -0.3 is 14.7 Å². The van der Waals surface area contributed by atoms with Gasteiger partial charge in [0.25, 0.3) is 10.9 Å². The highest BCUT2D eigenvalue weighted by Crippen LogP contribution is 2.32. The van der Waals surface area contributed by atoms with E-state index in [1.54, 1.807) is 43.3 Å². The first-order valence-electron chi connectivity index (χ1n) is 8.81. The highest BCUT2D eigenvalue weighted by molar-refractivity contribution is 6.21. The van der Waals surface area contributed by atoms with Crippen molar-refractivity contribution >= 4 is 28.9 Å². The van der Waals surface area contributed by atoms with Crippen molar-refractivity contribution < 1.29 is 13.3 Å². The number of rotatable bonds is 7. The van der Waals surface area contributed by atoms with E-state index in [0.29, 0.717) is 12.1 Å². The van der Waals surface area contributed by atoms with Crippen molar-refractivity contribution in [3.8, 4) is 11.4 Å². The molecule has 0 aliphatic heterocycles. The Labute approximate surface area is 177 Å². The topological polar surface area (TPSA) is 119 Å². The number of aryl methyl sites for hydroxylation is 1. The Hall–Kier alpha value is -3.67. The van der Waals surface area contributed by atoms with Gasteiger partial charge in [0.1, 0.15) is 17.7 Å². The van der Waals surface area contributed by atoms with Crippen LogP contribution in [0.1, 0.15) is 11.5 Å². The van der Waals surface area contributed by atoms with Crippen LogP contribution in [0.15, 0.2) is 44.7 Å². The molecular formula is C18H14ClF2N7O3. The molecule has 0 aliphatic rings. The Morgan fingerprint density at radius 2 is 1.94 bits per heavy atom. The number of nitrogens with one attached hydrogen (secondary N) is 1. The second-order valence-electron chi connectivity index (χ2n) is 6.72. The fourth-order valence-electron chi connectivity index (χ4n) is 2.94. The van der Waals surface area contributed by atoms with Crippen molar-refractivity contribution in [1.29, 1.82) is 0 Å². The summed E-state index contributed by atoms with van der Waals surface area (Å²) < 4.78 is 32.0. The third-order valence-corrected chi connectivity index (χ3v) is 4.57. The normalized spacial score (nSPS) is 11.8. The minimum atomic E-state index is -3.75. The summed E-state index contributed by atoms with van der Waals surface area (Å²) in [5.74, 6) is -0.821. The summed E-state index contributed by atoms with van der Waals surface area (Å²) in [6.07, 6.45) is 1.46. The molecule has 1 N–H and O–H groups in total. The molecule has 13 heteroatoms. The summed E-state index contributed by atoms with van der Waals surface area (Å²) in [5.41, 5.74) is 0.311. The van der Waals surface area contributed by atoms with Gasteiger partial charge in [-0.15, -0.1) is 5.10 Å². The maximum absolute atomic E-state index is 13.0. The largest absolute Gasteiger partial charge is 0.400 e. The van der Waals surface area contributed by atoms with E-state index in [1.807, 2.05) is 0 Å². The lowest BCUT2D eigenvalue weighted by atomic mass is 10.1. The number of benzene rings is 1. The van der Waals surface area contributed by atoms with Gasteiger partial charge in [0, 0.05) is 26.2 Å². The monoisotopic (exact) mass is 449 g/mol. The molecule has 160 valence electrons. The average Bonchev–Trinajstić information content (AvgIpc) is 3.37. The maximum atomic E-state index is 13.0. The third kappa shape index (κ3) is 4.01. The Kier molecular flexibility index (Phi) is 5.01. The summed E-state index contributed by atoms with van der Waals surface area (Å²) in [7, 11) is 3.34. The number of alkyl halides is 3. The molecule has 0 atom stereocenters. The van der Waals surface area contributed by atoms with E-state index in [0.717, 1.165) is 5.56 Å². The second-order valence-corrected chi connectivity index (χ2v) is 7.20. The summed E-state index contributed by atoms with van der Waals surface area (Å²) in [5, 5.41) is 6.54. The van der Waals surface area contributed by atoms with Crippen LogP contribution < -0.4 is 21.1 Å². The Morgan fingerprint density at radius 1 is 1.23 bits per heavy atom. The van der Waals surface area contributed by atoms with E-state index < -0.39 is 22.1 Å². The molecular weight excluding hydrogens is 436 g/mol. The van der Waals surface area contributed by atoms with Crippen molar-refractivity contribution in [1.82, 2.24) is 24.9 Å². The molecule has 0 spiro atoms. The van der Waals surface area contributed by atoms with Crippen LogP contribution in [0, 0.1) is 0 Å². The molecule has 2 heterocycles. The predicted molar refractivity (Wildman–Crippen MR) is 107 cm³/mol. The van der Waals surface area contributed by atoms with Gasteiger partial charge in [-0.05, 0) is 17.2 Å². The van der Waals surface area contributed by atoms with E-state index >= 15 is 0 Å². The van der Waals surface area contributed by atoms with Gasteiger partial charge >= 0.3 is 11.3 Å². The second kappa shape index (κ2) is 7.54. The predicted octanol–water partition coefficient (Wildman–Crippen LogP) is 2.13. The van der Waals surface area contributed by atoms with Crippen LogP contribution in [0.25, 0.3) is 11.4 Å². The average molecular weight is 450 g/mol. The van der Waals surface area contributed by atoms with Crippen molar-refractivity contribution in [2.24, 2.45) is 7.05 Å². The molecule has 0 saturated carbocycles. The van der Waals surface area contributed by atoms with Crippen LogP contribution in [0.2, 0.25) is 0 Å². The fraction of sp³-hybridized carbons (Fsp3) is 0.222. The van der Waals surface area contributed by atoms with Gasteiger partial charge in [-0.2, -0.15) is 13.8 Å². The van der Waals surface area contributed by atoms with Crippen LogP contribution in [-0.2, 0) is 19.0 Å². The van der Waals surface area contributed by atoms with Gasteiger partial charge in [-0.25, -0.2) is 4.98 Å². The van der Waals surface area contributed by atoms with Gasteiger partial charge in [-0.3, -0.25) is 14.3 Å². The van der Waals surface area contributed by atoms with Crippen LogP contribution >= 0.6 is 11.6 Å². The molecule has 0 radical (unpaired) electrons. The molecule has 0 saturated heterocycles. The smallest absolute Gasteiger partial charge is 0.365 e. The number of nitrogens with zero attached hydrogens (tertiary/aromatic N) is 6. The van der Waals surface area contributed by atoms with E-state index in [2.05, 4.69) is 30.1 Å². The Bertz CT molecular complexity index is 1300. The third-order valence-electron chi connectivity index (χ3n) is 4.40. The Morgan fingerprint density at radius 3 is 2.52 bits per heavy atom. The number of hydrogen-bond acceptors (Lipinski definition) is 9. The van der Waals surface area contributed by atoms with Crippen LogP contribution in [0.4, 0.5) is 26.1 Å². The lowest BCUT2D eigenvalue weighted by molar-refractivity contribution is 0.0551. The van der Waals surface area contributed by atoms with Gasteiger partial charge in [0.05, 0.1) is 0 Å². The zero-order valence-corrected chi connectivity index (χ0v) is 16.9. The van der Waals surface area contributed by atoms with Crippen molar-refractivity contribution in [2.75, 3.05) is 17.3 Å². The molecule has 0 fully saturated rings. The minimum Gasteiger partial charge on any atom is -0.365 e. The van der Waals surface area contributed by atoms with Gasteiger partial charge in [0.2, 0.25) is 11.8 Å². The highest BCUT2D eigenvalue weighted by Gasteiger charge is 2.35. The zero-order chi connectivity index (χ0) is 22.3. The molecule has 4 aromatic rings. The number of halogens is 3. The fourth-order valence-corrected chi connectivity index (χ4v) is 3.01. The standard InChI is InChI=1S/C18H14ClF2N7O3/c1-27(12-11(13(29)14(12)30)23-17-22-8-28(2)25-17)7-9-3-5-10(6-4-9)15-24-16(31-26-15)18(19,20)21/h3-6,8H,7H2,1-2H3,(H,23,25). The number of hydrogen-bond donors (Lipinski definition) is 1. The van der Waals surface area contributed by atoms with Crippen LogP contribution in [0.5, 0.6) is 0 Å². The van der Waals surface area contributed by atoms with Crippen molar-refractivity contribution in [3.63, 3.8) is 0 Å². The number of anilines is 3. The first kappa shape index (κ1) is 20.6. The SMILES string of the molecule is CN(Cc1ccc(-c2noc(C(F)(F)Cl)n2)cc1)c1c(Nc2ncn(C)n2)c(=O)c1=O. The van der Waals surface area contributed by atoms with E-state index in [4.69, 9.17) is 11.6 Å². The molecule has 31 heavy (non-hydrogen) atoms. The van der Waals surface area contributed by atoms with Crippen molar-refractivity contribution in [3.05, 3.63) is 62.5 Å². The summed E-state index contributed by atoms with van der Waals surface area (Å²) in [4.78, 5) is 33.2. The molecule has 2 aromatic carbocycles. The molecule has 0 unspecified atom stereocenters. The maximum Gasteiger partial charge on any atom is 0.400 e. The first-order chi connectivity index (χ1) is 14.6. The number of aromatic nitrogens is 5. The van der Waals surface area contributed by atoms with Gasteiger partial charge in [0.15, 0.2) is 0 Å². The van der Waals surface area contributed by atoms with Crippen LogP contribution in [-0.4, -0.2) is 32.0 Å². The van der Waals surface area contributed by atoms with Crippen molar-refractivity contribution in [2.45, 2.75) is 11.9 Å². The molecule has 4 rings (SSSR count). The van der Waals surface area contributed by atoms with Crippen LogP contribution in [0.3, 0.4) is 0 Å². The molecule has 10 nitrogen and oxygen atoms in total. The van der Waals surface area contributed by atoms with E-state index in [-0.39, 0.29) is 23.1 Å².